The van der Waals surface area contributed by atoms with Crippen LogP contribution in [0.1, 0.15) is 43.7 Å². The van der Waals surface area contributed by atoms with E-state index in [-0.39, 0.29) is 18.4 Å². The van der Waals surface area contributed by atoms with E-state index in [0.29, 0.717) is 24.7 Å². The monoisotopic (exact) mass is 342 g/mol. The minimum absolute atomic E-state index is 0.0356. The minimum Gasteiger partial charge on any atom is -0.343 e. The summed E-state index contributed by atoms with van der Waals surface area (Å²) in [4.78, 5) is 29.9. The van der Waals surface area contributed by atoms with Crippen LogP contribution in [0.15, 0.2) is 28.8 Å². The Bertz CT molecular complexity index is 754. The summed E-state index contributed by atoms with van der Waals surface area (Å²) in [5, 5.41) is 6.78. The lowest BCUT2D eigenvalue weighted by Crippen LogP contribution is -2.43. The van der Waals surface area contributed by atoms with Crippen LogP contribution in [-0.4, -0.2) is 39.9 Å². The van der Waals surface area contributed by atoms with Crippen molar-refractivity contribution in [1.82, 2.24) is 20.4 Å². The molecule has 3 rings (SSSR count). The number of nitrogens with zero attached hydrogens (tertiary/aromatic N) is 3. The molecule has 1 aromatic carbocycles. The van der Waals surface area contributed by atoms with E-state index < -0.39 is 6.04 Å². The van der Waals surface area contributed by atoms with Crippen molar-refractivity contribution in [3.63, 3.8) is 0 Å². The van der Waals surface area contributed by atoms with Crippen molar-refractivity contribution in [3.05, 3.63) is 35.7 Å². The van der Waals surface area contributed by atoms with Crippen LogP contribution >= 0.6 is 0 Å². The molecule has 0 radical (unpaired) electrons. The molecule has 0 spiro atoms. The van der Waals surface area contributed by atoms with Gasteiger partial charge in [0.1, 0.15) is 6.04 Å². The summed E-state index contributed by atoms with van der Waals surface area (Å²) in [6.45, 7) is 4.50. The number of piperidine rings is 1. The van der Waals surface area contributed by atoms with Gasteiger partial charge in [0.25, 0.3) is 0 Å². The van der Waals surface area contributed by atoms with Crippen molar-refractivity contribution in [2.45, 2.75) is 39.2 Å². The van der Waals surface area contributed by atoms with Gasteiger partial charge >= 0.3 is 0 Å². The summed E-state index contributed by atoms with van der Waals surface area (Å²) >= 11 is 0. The van der Waals surface area contributed by atoms with Crippen molar-refractivity contribution < 1.29 is 14.1 Å². The van der Waals surface area contributed by atoms with Crippen LogP contribution in [0.4, 0.5) is 0 Å². The number of aromatic nitrogens is 2. The topological polar surface area (TPSA) is 88.3 Å². The summed E-state index contributed by atoms with van der Waals surface area (Å²) in [5.41, 5.74) is 2.01. The summed E-state index contributed by atoms with van der Waals surface area (Å²) < 4.78 is 5.27. The molecular formula is C18H22N4O3. The van der Waals surface area contributed by atoms with Crippen LogP contribution in [0.25, 0.3) is 11.4 Å². The zero-order valence-electron chi connectivity index (χ0n) is 14.5. The lowest BCUT2D eigenvalue weighted by molar-refractivity contribution is -0.138. The van der Waals surface area contributed by atoms with E-state index in [2.05, 4.69) is 15.5 Å². The Morgan fingerprint density at radius 2 is 2.08 bits per heavy atom. The third-order valence-electron chi connectivity index (χ3n) is 4.26. The largest absolute Gasteiger partial charge is 0.343 e. The van der Waals surface area contributed by atoms with Crippen LogP contribution in [0.5, 0.6) is 0 Å². The number of rotatable bonds is 5. The van der Waals surface area contributed by atoms with Gasteiger partial charge in [0.2, 0.25) is 23.5 Å². The molecule has 1 fully saturated rings. The SMILES string of the molecule is Cc1ccc(-c2noc([C@H](C)NC(=O)CN3CCCCC3=O)n2)cc1. The van der Waals surface area contributed by atoms with E-state index in [1.165, 1.54) is 0 Å². The fourth-order valence-electron chi connectivity index (χ4n) is 2.78. The maximum absolute atomic E-state index is 12.2. The van der Waals surface area contributed by atoms with E-state index >= 15 is 0 Å². The quantitative estimate of drug-likeness (QED) is 0.900. The number of amides is 2. The molecule has 2 amide bonds. The number of benzene rings is 1. The highest BCUT2D eigenvalue weighted by molar-refractivity contribution is 5.85. The number of nitrogens with one attached hydrogen (secondary N) is 1. The molecule has 132 valence electrons. The number of aryl methyl sites for hydroxylation is 1. The third kappa shape index (κ3) is 4.23. The summed E-state index contributed by atoms with van der Waals surface area (Å²) in [5.74, 6) is 0.641. The Hall–Kier alpha value is -2.70. The Kier molecular flexibility index (Phi) is 5.11. The number of carbonyl (C=O) groups excluding carboxylic acids is 2. The highest BCUT2D eigenvalue weighted by Crippen LogP contribution is 2.19. The van der Waals surface area contributed by atoms with Gasteiger partial charge < -0.3 is 14.7 Å². The van der Waals surface area contributed by atoms with Crippen molar-refractivity contribution in [1.29, 1.82) is 0 Å². The van der Waals surface area contributed by atoms with Gasteiger partial charge in [-0.3, -0.25) is 9.59 Å². The molecule has 7 heteroatoms. The van der Waals surface area contributed by atoms with Gasteiger partial charge in [-0.15, -0.1) is 0 Å². The molecule has 0 saturated carbocycles. The third-order valence-corrected chi connectivity index (χ3v) is 4.26. The second kappa shape index (κ2) is 7.46. The highest BCUT2D eigenvalue weighted by Gasteiger charge is 2.23. The Labute approximate surface area is 146 Å². The average Bonchev–Trinajstić information content (AvgIpc) is 3.08. The first-order valence-corrected chi connectivity index (χ1v) is 8.51. The first kappa shape index (κ1) is 17.1. The summed E-state index contributed by atoms with van der Waals surface area (Å²) in [6.07, 6.45) is 2.36. The highest BCUT2D eigenvalue weighted by atomic mass is 16.5. The number of hydrogen-bond donors (Lipinski definition) is 1. The van der Waals surface area contributed by atoms with Crippen molar-refractivity contribution in [2.75, 3.05) is 13.1 Å². The van der Waals surface area contributed by atoms with E-state index in [9.17, 15) is 9.59 Å². The first-order chi connectivity index (χ1) is 12.0. The molecule has 2 aromatic rings. The van der Waals surface area contributed by atoms with Crippen molar-refractivity contribution in [3.8, 4) is 11.4 Å². The molecule has 0 bridgehead atoms. The smallest absolute Gasteiger partial charge is 0.249 e. The van der Waals surface area contributed by atoms with Crippen LogP contribution in [-0.2, 0) is 9.59 Å². The molecule has 1 aliphatic rings. The lowest BCUT2D eigenvalue weighted by atomic mass is 10.1. The fraction of sp³-hybridized carbons (Fsp3) is 0.444. The molecule has 1 saturated heterocycles. The van der Waals surface area contributed by atoms with Gasteiger partial charge in [-0.1, -0.05) is 35.0 Å². The van der Waals surface area contributed by atoms with Gasteiger partial charge in [-0.2, -0.15) is 4.98 Å². The molecule has 2 heterocycles. The van der Waals surface area contributed by atoms with E-state index in [1.54, 1.807) is 11.8 Å². The summed E-state index contributed by atoms with van der Waals surface area (Å²) in [6, 6.07) is 7.39. The zero-order valence-corrected chi connectivity index (χ0v) is 14.5. The molecule has 7 nitrogen and oxygen atoms in total. The number of hydrogen-bond acceptors (Lipinski definition) is 5. The van der Waals surface area contributed by atoms with Crippen molar-refractivity contribution >= 4 is 11.8 Å². The predicted octanol–water partition coefficient (Wildman–Crippen LogP) is 2.23. The van der Waals surface area contributed by atoms with Gasteiger partial charge in [0.15, 0.2) is 0 Å². The molecule has 0 unspecified atom stereocenters. The van der Waals surface area contributed by atoms with Crippen LogP contribution in [0, 0.1) is 6.92 Å². The number of likely N-dealkylation sites (tertiary alicyclic amines) is 1. The maximum Gasteiger partial charge on any atom is 0.249 e. The Morgan fingerprint density at radius 3 is 2.80 bits per heavy atom. The van der Waals surface area contributed by atoms with E-state index in [1.807, 2.05) is 31.2 Å². The van der Waals surface area contributed by atoms with Crippen LogP contribution in [0.2, 0.25) is 0 Å². The maximum atomic E-state index is 12.2. The first-order valence-electron chi connectivity index (χ1n) is 8.51. The zero-order chi connectivity index (χ0) is 17.8. The van der Waals surface area contributed by atoms with E-state index in [4.69, 9.17) is 4.52 Å². The van der Waals surface area contributed by atoms with E-state index in [0.717, 1.165) is 24.0 Å². The molecule has 1 atom stereocenters. The molecule has 1 aliphatic heterocycles. The van der Waals surface area contributed by atoms with Crippen LogP contribution < -0.4 is 5.32 Å². The lowest BCUT2D eigenvalue weighted by Gasteiger charge is -2.26. The molecule has 1 aromatic heterocycles. The Morgan fingerprint density at radius 1 is 1.32 bits per heavy atom. The van der Waals surface area contributed by atoms with Crippen molar-refractivity contribution in [2.24, 2.45) is 0 Å². The standard InChI is InChI=1S/C18H22N4O3/c1-12-6-8-14(9-7-12)17-20-18(25-21-17)13(2)19-15(23)11-22-10-4-3-5-16(22)24/h6-9,13H,3-5,10-11H2,1-2H3,(H,19,23)/t13-/m0/s1. The summed E-state index contributed by atoms with van der Waals surface area (Å²) in [7, 11) is 0. The van der Waals surface area contributed by atoms with Gasteiger partial charge in [-0.25, -0.2) is 0 Å². The van der Waals surface area contributed by atoms with Gasteiger partial charge in [-0.05, 0) is 26.7 Å². The second-order valence-electron chi connectivity index (χ2n) is 6.38. The van der Waals surface area contributed by atoms with Gasteiger partial charge in [0.05, 0.1) is 6.54 Å². The molecule has 1 N–H and O–H groups in total. The second-order valence-corrected chi connectivity index (χ2v) is 6.38. The van der Waals surface area contributed by atoms with Gasteiger partial charge in [0, 0.05) is 18.5 Å². The normalized spacial score (nSPS) is 15.9. The molecular weight excluding hydrogens is 320 g/mol. The molecule has 0 aliphatic carbocycles. The average molecular weight is 342 g/mol. The van der Waals surface area contributed by atoms with Crippen LogP contribution in [0.3, 0.4) is 0 Å². The predicted molar refractivity (Wildman–Crippen MR) is 91.5 cm³/mol. The Balaban J connectivity index is 1.59. The number of carbonyl (C=O) groups is 2. The molecule has 25 heavy (non-hydrogen) atoms. The fourth-order valence-corrected chi connectivity index (χ4v) is 2.78. The minimum atomic E-state index is -0.418.